The summed E-state index contributed by atoms with van der Waals surface area (Å²) < 4.78 is 5.66. The molecule has 4 aliphatic rings. The number of rotatable bonds is 7. The highest BCUT2D eigenvalue weighted by molar-refractivity contribution is 5.79. The van der Waals surface area contributed by atoms with Crippen molar-refractivity contribution in [3.8, 4) is 5.75 Å². The van der Waals surface area contributed by atoms with E-state index in [0.717, 1.165) is 37.9 Å². The molecule has 4 aliphatic heterocycles. The fourth-order valence-electron chi connectivity index (χ4n) is 4.98. The molecule has 0 saturated carbocycles. The number of likely N-dealkylation sites (tertiary alicyclic amines) is 1. The van der Waals surface area contributed by atoms with Gasteiger partial charge in [-0.1, -0.05) is 18.2 Å². The van der Waals surface area contributed by atoms with Gasteiger partial charge in [0.2, 0.25) is 0 Å². The number of aliphatic imine (C=N–C) groups is 1. The van der Waals surface area contributed by atoms with Gasteiger partial charge >= 0.3 is 0 Å². The zero-order chi connectivity index (χ0) is 20.1. The van der Waals surface area contributed by atoms with Crippen LogP contribution in [0.1, 0.15) is 24.4 Å². The fraction of sp³-hybridized carbons (Fsp3) is 0.682. The van der Waals surface area contributed by atoms with Gasteiger partial charge in [0.05, 0.1) is 13.2 Å². The summed E-state index contributed by atoms with van der Waals surface area (Å²) in [5, 5.41) is 7.16. The molecule has 7 heteroatoms. The molecule has 5 rings (SSSR count). The Hall–Kier alpha value is -1.83. The Morgan fingerprint density at radius 2 is 1.86 bits per heavy atom. The average Bonchev–Trinajstić information content (AvgIpc) is 3.32. The van der Waals surface area contributed by atoms with Crippen LogP contribution >= 0.6 is 0 Å². The minimum atomic E-state index is 0.285. The number of fused-ring (bicyclic) bond motifs is 3. The van der Waals surface area contributed by atoms with Crippen LogP contribution in [0.4, 0.5) is 0 Å². The van der Waals surface area contributed by atoms with Gasteiger partial charge in [-0.05, 0) is 32.0 Å². The van der Waals surface area contributed by atoms with E-state index in [2.05, 4.69) is 48.5 Å². The second-order valence-electron chi connectivity index (χ2n) is 8.33. The Morgan fingerprint density at radius 3 is 2.52 bits per heavy atom. The van der Waals surface area contributed by atoms with Crippen molar-refractivity contribution >= 4 is 5.96 Å². The number of ether oxygens (including phenoxy) is 1. The maximum Gasteiger partial charge on any atom is 0.191 e. The Morgan fingerprint density at radius 1 is 1.10 bits per heavy atom. The first kappa shape index (κ1) is 20.4. The van der Waals surface area contributed by atoms with Crippen LogP contribution in [0.3, 0.4) is 0 Å². The molecule has 2 bridgehead atoms. The van der Waals surface area contributed by atoms with Crippen LogP contribution in [0.2, 0.25) is 0 Å². The number of methoxy groups -OCH3 is 1. The zero-order valence-electron chi connectivity index (χ0n) is 17.9. The highest BCUT2D eigenvalue weighted by Gasteiger charge is 2.32. The molecule has 7 nitrogen and oxygen atoms in total. The summed E-state index contributed by atoms with van der Waals surface area (Å²) in [6.45, 7) is 10.1. The van der Waals surface area contributed by atoms with Crippen LogP contribution < -0.4 is 15.4 Å². The van der Waals surface area contributed by atoms with Gasteiger partial charge in [-0.2, -0.15) is 0 Å². The highest BCUT2D eigenvalue weighted by Crippen LogP contribution is 2.31. The third kappa shape index (κ3) is 4.85. The van der Waals surface area contributed by atoms with E-state index in [-0.39, 0.29) is 6.04 Å². The molecule has 0 aromatic heterocycles. The molecular weight excluding hydrogens is 364 g/mol. The number of guanidine groups is 1. The largest absolute Gasteiger partial charge is 0.496 e. The van der Waals surface area contributed by atoms with Gasteiger partial charge in [-0.15, -0.1) is 0 Å². The first-order valence-corrected chi connectivity index (χ1v) is 11.1. The SMILES string of the molecule is CN=C(NCC1CN2CCN1CC2)NCC(c1ccccc1OC)N1CCCC1. The Balaban J connectivity index is 1.37. The molecule has 2 unspecified atom stereocenters. The summed E-state index contributed by atoms with van der Waals surface area (Å²) >= 11 is 0. The second-order valence-corrected chi connectivity index (χ2v) is 8.33. The summed E-state index contributed by atoms with van der Waals surface area (Å²) in [4.78, 5) is 12.2. The van der Waals surface area contributed by atoms with Crippen molar-refractivity contribution in [2.75, 3.05) is 73.1 Å². The average molecular weight is 401 g/mol. The van der Waals surface area contributed by atoms with Crippen LogP contribution in [0.5, 0.6) is 5.75 Å². The molecule has 4 heterocycles. The molecular formula is C22H36N6O. The first-order chi connectivity index (χ1) is 14.3. The summed E-state index contributed by atoms with van der Waals surface area (Å²) in [5.41, 5.74) is 1.25. The van der Waals surface area contributed by atoms with Gasteiger partial charge in [0, 0.05) is 64.5 Å². The molecule has 2 atom stereocenters. The van der Waals surface area contributed by atoms with E-state index >= 15 is 0 Å². The van der Waals surface area contributed by atoms with Gasteiger partial charge in [0.15, 0.2) is 5.96 Å². The maximum atomic E-state index is 5.66. The van der Waals surface area contributed by atoms with E-state index in [1.807, 2.05) is 13.1 Å². The van der Waals surface area contributed by atoms with Crippen LogP contribution in [-0.2, 0) is 0 Å². The molecule has 1 aromatic rings. The molecule has 4 saturated heterocycles. The number of hydrogen-bond acceptors (Lipinski definition) is 5. The minimum absolute atomic E-state index is 0.285. The molecule has 0 aliphatic carbocycles. The molecule has 29 heavy (non-hydrogen) atoms. The predicted octanol–water partition coefficient (Wildman–Crippen LogP) is 0.997. The van der Waals surface area contributed by atoms with E-state index < -0.39 is 0 Å². The fourth-order valence-corrected chi connectivity index (χ4v) is 4.98. The molecule has 2 N–H and O–H groups in total. The van der Waals surface area contributed by atoms with Crippen molar-refractivity contribution in [3.05, 3.63) is 29.8 Å². The lowest BCUT2D eigenvalue weighted by Gasteiger charge is -2.47. The van der Waals surface area contributed by atoms with Crippen molar-refractivity contribution in [1.29, 1.82) is 0 Å². The van der Waals surface area contributed by atoms with Crippen LogP contribution in [0.15, 0.2) is 29.3 Å². The van der Waals surface area contributed by atoms with Gasteiger partial charge in [0.1, 0.15) is 5.75 Å². The Labute approximate surface area is 175 Å². The van der Waals surface area contributed by atoms with Crippen LogP contribution in [0, 0.1) is 0 Å². The number of piperazine rings is 3. The van der Waals surface area contributed by atoms with E-state index in [9.17, 15) is 0 Å². The zero-order valence-corrected chi connectivity index (χ0v) is 17.9. The summed E-state index contributed by atoms with van der Waals surface area (Å²) in [6, 6.07) is 9.27. The number of benzene rings is 1. The number of nitrogens with zero attached hydrogens (tertiary/aromatic N) is 4. The van der Waals surface area contributed by atoms with Crippen LogP contribution in [-0.4, -0.2) is 99.8 Å². The van der Waals surface area contributed by atoms with Crippen molar-refractivity contribution in [3.63, 3.8) is 0 Å². The van der Waals surface area contributed by atoms with E-state index in [0.29, 0.717) is 6.04 Å². The monoisotopic (exact) mass is 400 g/mol. The second kappa shape index (κ2) is 9.78. The highest BCUT2D eigenvalue weighted by atomic mass is 16.5. The smallest absolute Gasteiger partial charge is 0.191 e. The van der Waals surface area contributed by atoms with Crippen molar-refractivity contribution < 1.29 is 4.74 Å². The Bertz CT molecular complexity index is 682. The quantitative estimate of drug-likeness (QED) is 0.526. The van der Waals surface area contributed by atoms with Gasteiger partial charge < -0.3 is 15.4 Å². The van der Waals surface area contributed by atoms with Gasteiger partial charge in [-0.25, -0.2) is 0 Å². The molecule has 0 radical (unpaired) electrons. The van der Waals surface area contributed by atoms with Crippen molar-refractivity contribution in [2.24, 2.45) is 4.99 Å². The lowest BCUT2D eigenvalue weighted by Crippen LogP contribution is -2.63. The Kier molecular flexibility index (Phi) is 6.90. The van der Waals surface area contributed by atoms with E-state index in [4.69, 9.17) is 4.74 Å². The number of hydrogen-bond donors (Lipinski definition) is 2. The first-order valence-electron chi connectivity index (χ1n) is 11.1. The van der Waals surface area contributed by atoms with Crippen LogP contribution in [0.25, 0.3) is 0 Å². The molecule has 0 spiro atoms. The van der Waals surface area contributed by atoms with E-state index in [1.54, 1.807) is 7.11 Å². The third-order valence-electron chi connectivity index (χ3n) is 6.66. The standard InChI is InChI=1S/C22H36N6O/c1-23-22(24-15-18-17-26-11-13-27(18)14-12-26)25-16-20(28-9-5-6-10-28)19-7-3-4-8-21(19)29-2/h3-4,7-8,18,20H,5-6,9-17H2,1-2H3,(H2,23,24,25). The van der Waals surface area contributed by atoms with Gasteiger partial charge in [0.25, 0.3) is 0 Å². The van der Waals surface area contributed by atoms with Crippen molar-refractivity contribution in [2.45, 2.75) is 24.9 Å². The third-order valence-corrected chi connectivity index (χ3v) is 6.66. The predicted molar refractivity (Wildman–Crippen MR) is 118 cm³/mol. The summed E-state index contributed by atoms with van der Waals surface area (Å²) in [7, 11) is 3.62. The topological polar surface area (TPSA) is 55.4 Å². The lowest BCUT2D eigenvalue weighted by molar-refractivity contribution is 0.0154. The summed E-state index contributed by atoms with van der Waals surface area (Å²) in [6.07, 6.45) is 2.54. The molecule has 4 fully saturated rings. The normalized spacial score (nSPS) is 28.3. The number of nitrogens with one attached hydrogen (secondary N) is 2. The lowest BCUT2D eigenvalue weighted by atomic mass is 10.0. The van der Waals surface area contributed by atoms with Crippen molar-refractivity contribution in [1.82, 2.24) is 25.3 Å². The maximum absolute atomic E-state index is 5.66. The van der Waals surface area contributed by atoms with Gasteiger partial charge in [-0.3, -0.25) is 19.7 Å². The molecule has 160 valence electrons. The minimum Gasteiger partial charge on any atom is -0.496 e. The van der Waals surface area contributed by atoms with E-state index in [1.165, 1.54) is 51.1 Å². The molecule has 1 aromatic carbocycles. The summed E-state index contributed by atoms with van der Waals surface area (Å²) in [5.74, 6) is 1.86. The molecule has 0 amide bonds. The number of para-hydroxylation sites is 1.